The highest BCUT2D eigenvalue weighted by Crippen LogP contribution is 2.57. The van der Waals surface area contributed by atoms with Gasteiger partial charge in [-0.2, -0.15) is 0 Å². The first-order valence-corrected chi connectivity index (χ1v) is 13.7. The molecule has 1 aliphatic carbocycles. The minimum Gasteiger partial charge on any atom is -0.502 e. The molecular weight excluding hydrogens is 538 g/mol. The number of rotatable bonds is 5. The summed E-state index contributed by atoms with van der Waals surface area (Å²) in [7, 11) is 2.92. The lowest BCUT2D eigenvalue weighted by Gasteiger charge is -2.46. The second kappa shape index (κ2) is 10.2. The average Bonchev–Trinajstić information content (AvgIpc) is 3.59. The van der Waals surface area contributed by atoms with Gasteiger partial charge in [0.05, 0.1) is 39.5 Å². The molecule has 12 nitrogen and oxygen atoms in total. The predicted molar refractivity (Wildman–Crippen MR) is 139 cm³/mol. The molecule has 0 aromatic heterocycles. The van der Waals surface area contributed by atoms with Gasteiger partial charge in [0.15, 0.2) is 35.6 Å². The molecule has 2 aromatic carbocycles. The quantitative estimate of drug-likeness (QED) is 0.508. The van der Waals surface area contributed by atoms with Crippen LogP contribution in [-0.4, -0.2) is 76.1 Å². The maximum absolute atomic E-state index is 13.4. The summed E-state index contributed by atoms with van der Waals surface area (Å²) in [5.41, 5.74) is 8.86. The first kappa shape index (κ1) is 26.6. The molecule has 4 unspecified atom stereocenters. The van der Waals surface area contributed by atoms with Crippen LogP contribution in [0.5, 0.6) is 28.7 Å². The van der Waals surface area contributed by atoms with Crippen LogP contribution in [0, 0.1) is 11.8 Å². The summed E-state index contributed by atoms with van der Waals surface area (Å²) in [6.07, 6.45) is -1.83. The standard InChI is InChI=1S/C29H33NO11/c1-12-35-10-22-28(39-12)17(30)8-23(40-22)41-27-15-7-19-18(37-11-38-19)6-14(15)24(25-16(27)9-36-29(25)32)13-4-20(33-2)26(31)21(5-13)34-3/h4-7,12,16-17,22-25,27-28,31H,8-11,30H2,1-3H3/t12?,16-,17?,22?,23+,24+,25-,27+,28?/m0/s1. The lowest BCUT2D eigenvalue weighted by atomic mass is 9.66. The van der Waals surface area contributed by atoms with Crippen LogP contribution in [0.2, 0.25) is 0 Å². The number of nitrogens with two attached hydrogens (primary N) is 1. The van der Waals surface area contributed by atoms with Gasteiger partial charge < -0.3 is 53.5 Å². The van der Waals surface area contributed by atoms with Crippen molar-refractivity contribution in [2.75, 3.05) is 34.2 Å². The van der Waals surface area contributed by atoms with Crippen molar-refractivity contribution in [3.63, 3.8) is 0 Å². The van der Waals surface area contributed by atoms with Gasteiger partial charge in [0, 0.05) is 24.3 Å². The first-order chi connectivity index (χ1) is 19.9. The number of cyclic esters (lactones) is 1. The Morgan fingerprint density at radius 3 is 2.37 bits per heavy atom. The number of carbonyl (C=O) groups is 1. The molecule has 9 atom stereocenters. The zero-order chi connectivity index (χ0) is 28.4. The molecule has 3 N–H and O–H groups in total. The summed E-state index contributed by atoms with van der Waals surface area (Å²) >= 11 is 0. The molecule has 0 bridgehead atoms. The van der Waals surface area contributed by atoms with Gasteiger partial charge in [0.2, 0.25) is 12.5 Å². The second-order valence-corrected chi connectivity index (χ2v) is 11.0. The molecule has 4 heterocycles. The van der Waals surface area contributed by atoms with Crippen molar-refractivity contribution >= 4 is 5.97 Å². The molecule has 220 valence electrons. The van der Waals surface area contributed by atoms with E-state index in [2.05, 4.69) is 0 Å². The van der Waals surface area contributed by atoms with E-state index in [-0.39, 0.29) is 67.1 Å². The van der Waals surface area contributed by atoms with Crippen molar-refractivity contribution in [1.29, 1.82) is 0 Å². The van der Waals surface area contributed by atoms with Gasteiger partial charge in [-0.05, 0) is 47.9 Å². The molecule has 7 rings (SSSR count). The Morgan fingerprint density at radius 2 is 1.66 bits per heavy atom. The molecule has 0 amide bonds. The number of ether oxygens (including phenoxy) is 9. The van der Waals surface area contributed by atoms with Crippen molar-refractivity contribution in [3.05, 3.63) is 41.0 Å². The Bertz CT molecular complexity index is 1330. The zero-order valence-corrected chi connectivity index (χ0v) is 22.9. The number of aromatic hydroxyl groups is 1. The van der Waals surface area contributed by atoms with E-state index in [4.69, 9.17) is 48.4 Å². The monoisotopic (exact) mass is 571 g/mol. The van der Waals surface area contributed by atoms with Crippen LogP contribution in [-0.2, 0) is 28.5 Å². The van der Waals surface area contributed by atoms with Gasteiger partial charge in [-0.25, -0.2) is 0 Å². The smallest absolute Gasteiger partial charge is 0.310 e. The lowest BCUT2D eigenvalue weighted by molar-refractivity contribution is -0.322. The fourth-order valence-electron chi connectivity index (χ4n) is 6.80. The van der Waals surface area contributed by atoms with E-state index < -0.39 is 24.2 Å². The van der Waals surface area contributed by atoms with Gasteiger partial charge in [-0.3, -0.25) is 4.79 Å². The van der Waals surface area contributed by atoms with E-state index in [9.17, 15) is 9.90 Å². The van der Waals surface area contributed by atoms with Crippen LogP contribution in [0.3, 0.4) is 0 Å². The SMILES string of the molecule is COc1cc([C@@H]2c3cc4c(cc3[C@@H](O[C@@H]3CC(N)C5OC(C)OCC5O3)[C@H]3COC(=O)[C@H]23)OCO4)cc(OC)c1O. The maximum atomic E-state index is 13.4. The zero-order valence-electron chi connectivity index (χ0n) is 22.9. The Morgan fingerprint density at radius 1 is 0.951 bits per heavy atom. The van der Waals surface area contributed by atoms with Gasteiger partial charge in [0.25, 0.3) is 0 Å². The summed E-state index contributed by atoms with van der Waals surface area (Å²) in [6.45, 7) is 2.44. The van der Waals surface area contributed by atoms with Crippen LogP contribution in [0.25, 0.3) is 0 Å². The van der Waals surface area contributed by atoms with Crippen LogP contribution in [0.1, 0.15) is 42.1 Å². The number of methoxy groups -OCH3 is 2. The summed E-state index contributed by atoms with van der Waals surface area (Å²) in [4.78, 5) is 13.4. The number of phenols is 1. The first-order valence-electron chi connectivity index (χ1n) is 13.7. The third kappa shape index (κ3) is 4.36. The molecular formula is C29H33NO11. The van der Waals surface area contributed by atoms with E-state index in [0.717, 1.165) is 11.1 Å². The van der Waals surface area contributed by atoms with Crippen LogP contribution >= 0.6 is 0 Å². The lowest BCUT2D eigenvalue weighted by Crippen LogP contribution is -2.59. The number of phenolic OH excluding ortho intramolecular Hbond substituents is 1. The number of hydrogen-bond acceptors (Lipinski definition) is 12. The van der Waals surface area contributed by atoms with Gasteiger partial charge in [0.1, 0.15) is 12.2 Å². The topological polar surface area (TPSA) is 146 Å². The molecule has 41 heavy (non-hydrogen) atoms. The minimum absolute atomic E-state index is 0.0895. The van der Waals surface area contributed by atoms with Crippen LogP contribution < -0.4 is 24.7 Å². The molecule has 3 fully saturated rings. The Kier molecular flexibility index (Phi) is 6.62. The third-order valence-corrected chi connectivity index (χ3v) is 8.70. The van der Waals surface area contributed by atoms with Gasteiger partial charge in [-0.1, -0.05) is 0 Å². The summed E-state index contributed by atoms with van der Waals surface area (Å²) in [5.74, 6) is -0.260. The van der Waals surface area contributed by atoms with E-state index in [1.807, 2.05) is 19.1 Å². The highest BCUT2D eigenvalue weighted by Gasteiger charge is 2.54. The molecule has 0 spiro atoms. The number of fused-ring (bicyclic) bond motifs is 4. The average molecular weight is 572 g/mol. The van der Waals surface area contributed by atoms with Crippen molar-refractivity contribution in [3.8, 4) is 28.7 Å². The normalized spacial score (nSPS) is 35.2. The van der Waals surface area contributed by atoms with Crippen molar-refractivity contribution in [2.24, 2.45) is 17.6 Å². The molecule has 2 aromatic rings. The summed E-state index contributed by atoms with van der Waals surface area (Å²) in [5, 5.41) is 10.6. The Hall–Kier alpha value is -3.29. The summed E-state index contributed by atoms with van der Waals surface area (Å²) in [6, 6.07) is 6.91. The number of esters is 1. The number of benzene rings is 2. The van der Waals surface area contributed by atoms with Crippen LogP contribution in [0.15, 0.2) is 24.3 Å². The molecule has 4 aliphatic heterocycles. The largest absolute Gasteiger partial charge is 0.502 e. The van der Waals surface area contributed by atoms with E-state index >= 15 is 0 Å². The fraction of sp³-hybridized carbons (Fsp3) is 0.552. The Labute approximate surface area is 236 Å². The van der Waals surface area contributed by atoms with E-state index in [1.54, 1.807) is 12.1 Å². The second-order valence-electron chi connectivity index (χ2n) is 11.0. The van der Waals surface area contributed by atoms with Crippen molar-refractivity contribution in [2.45, 2.75) is 56.2 Å². The van der Waals surface area contributed by atoms with E-state index in [1.165, 1.54) is 14.2 Å². The molecule has 0 saturated carbocycles. The van der Waals surface area contributed by atoms with E-state index in [0.29, 0.717) is 30.1 Å². The van der Waals surface area contributed by atoms with Gasteiger partial charge in [-0.15, -0.1) is 0 Å². The summed E-state index contributed by atoms with van der Waals surface area (Å²) < 4.78 is 52.5. The predicted octanol–water partition coefficient (Wildman–Crippen LogP) is 2.33. The fourth-order valence-corrected chi connectivity index (χ4v) is 6.80. The highest BCUT2D eigenvalue weighted by molar-refractivity contribution is 5.79. The number of hydrogen-bond donors (Lipinski definition) is 2. The molecule has 0 radical (unpaired) electrons. The van der Waals surface area contributed by atoms with Gasteiger partial charge >= 0.3 is 5.97 Å². The minimum atomic E-state index is -0.656. The molecule has 12 heteroatoms. The van der Waals surface area contributed by atoms with Crippen molar-refractivity contribution < 1.29 is 52.5 Å². The maximum Gasteiger partial charge on any atom is 0.310 e. The third-order valence-electron chi connectivity index (χ3n) is 8.70. The Balaban J connectivity index is 1.30. The highest BCUT2D eigenvalue weighted by atomic mass is 16.7. The molecule has 3 saturated heterocycles. The number of carbonyl (C=O) groups excluding carboxylic acids is 1. The van der Waals surface area contributed by atoms with Crippen molar-refractivity contribution in [1.82, 2.24) is 0 Å². The molecule has 5 aliphatic rings. The van der Waals surface area contributed by atoms with Crippen LogP contribution in [0.4, 0.5) is 0 Å².